The van der Waals surface area contributed by atoms with E-state index in [1.165, 1.54) is 12.1 Å². The number of carbonyl (C=O) groups is 2. The molecule has 7 nitrogen and oxygen atoms in total. The molecule has 0 radical (unpaired) electrons. The molecule has 3 N–H and O–H groups in total. The first-order valence-electron chi connectivity index (χ1n) is 8.82. The number of nitrogens with one attached hydrogen (secondary N) is 2. The Labute approximate surface area is 157 Å². The maximum Gasteiger partial charge on any atom is 0.335 e. The van der Waals surface area contributed by atoms with Gasteiger partial charge in [0.2, 0.25) is 0 Å². The zero-order valence-corrected chi connectivity index (χ0v) is 14.8. The highest BCUT2D eigenvalue weighted by Crippen LogP contribution is 2.19. The molecule has 0 saturated carbocycles. The molecule has 3 rings (SSSR count). The first-order valence-corrected chi connectivity index (χ1v) is 8.82. The normalized spacial score (nSPS) is 15.9. The Morgan fingerprint density at radius 1 is 1.19 bits per heavy atom. The molecule has 2 aromatic rings. The summed E-state index contributed by atoms with van der Waals surface area (Å²) in [5, 5.41) is 14.4. The summed E-state index contributed by atoms with van der Waals surface area (Å²) < 4.78 is 11.3. The third kappa shape index (κ3) is 5.72. The van der Waals surface area contributed by atoms with Crippen LogP contribution in [0.1, 0.15) is 28.8 Å². The quantitative estimate of drug-likeness (QED) is 0.695. The maximum atomic E-state index is 12.1. The summed E-state index contributed by atoms with van der Waals surface area (Å²) in [5.41, 5.74) is 1.64. The minimum Gasteiger partial charge on any atom is -0.491 e. The smallest absolute Gasteiger partial charge is 0.335 e. The molecule has 1 aliphatic heterocycles. The van der Waals surface area contributed by atoms with Gasteiger partial charge in [-0.2, -0.15) is 0 Å². The molecular weight excluding hydrogens is 348 g/mol. The second kappa shape index (κ2) is 9.05. The number of benzene rings is 2. The van der Waals surface area contributed by atoms with Crippen molar-refractivity contribution in [3.05, 3.63) is 59.7 Å². The van der Waals surface area contributed by atoms with E-state index in [-0.39, 0.29) is 17.7 Å². The number of carboxylic acids is 1. The Kier molecular flexibility index (Phi) is 6.27. The summed E-state index contributed by atoms with van der Waals surface area (Å²) in [4.78, 5) is 22.9. The first-order chi connectivity index (χ1) is 13.1. The van der Waals surface area contributed by atoms with Crippen molar-refractivity contribution in [3.63, 3.8) is 0 Å². The summed E-state index contributed by atoms with van der Waals surface area (Å²) in [6.07, 6.45) is 2.21. The summed E-state index contributed by atoms with van der Waals surface area (Å²) in [5.74, 6) is -0.304. The molecule has 0 bridgehead atoms. The molecule has 2 aromatic carbocycles. The Balaban J connectivity index is 1.47. The van der Waals surface area contributed by atoms with E-state index in [0.717, 1.165) is 25.0 Å². The molecule has 2 amide bonds. The van der Waals surface area contributed by atoms with Crippen LogP contribution in [0.25, 0.3) is 0 Å². The van der Waals surface area contributed by atoms with Gasteiger partial charge in [0.05, 0.1) is 11.7 Å². The Bertz CT molecular complexity index is 785. The van der Waals surface area contributed by atoms with Crippen molar-refractivity contribution in [3.8, 4) is 5.75 Å². The van der Waals surface area contributed by atoms with Gasteiger partial charge >= 0.3 is 12.0 Å². The highest BCUT2D eigenvalue weighted by atomic mass is 16.5. The fourth-order valence-corrected chi connectivity index (χ4v) is 2.75. The standard InChI is InChI=1S/C20H22N2O5/c23-19(24)15-8-6-14(7-9-15)12-21-20(25)22-16-3-1-4-17(11-16)27-13-18-5-2-10-26-18/h1,3-4,6-9,11,18H,2,5,10,12-13H2,(H,23,24)(H2,21,22,25). The molecule has 1 saturated heterocycles. The topological polar surface area (TPSA) is 96.9 Å². The second-order valence-electron chi connectivity index (χ2n) is 6.28. The molecule has 1 fully saturated rings. The number of carbonyl (C=O) groups excluding carboxylic acids is 1. The van der Waals surface area contributed by atoms with Crippen LogP contribution in [-0.2, 0) is 11.3 Å². The van der Waals surface area contributed by atoms with Gasteiger partial charge in [0, 0.05) is 24.9 Å². The Morgan fingerprint density at radius 3 is 2.70 bits per heavy atom. The fraction of sp³-hybridized carbons (Fsp3) is 0.300. The molecule has 0 aromatic heterocycles. The molecule has 7 heteroatoms. The highest BCUT2D eigenvalue weighted by Gasteiger charge is 2.16. The zero-order valence-electron chi connectivity index (χ0n) is 14.8. The Morgan fingerprint density at radius 2 is 2.00 bits per heavy atom. The van der Waals surface area contributed by atoms with Crippen LogP contribution in [-0.4, -0.2) is 36.4 Å². The van der Waals surface area contributed by atoms with Crippen molar-refractivity contribution in [1.29, 1.82) is 0 Å². The van der Waals surface area contributed by atoms with Crippen molar-refractivity contribution in [1.82, 2.24) is 5.32 Å². The van der Waals surface area contributed by atoms with Crippen molar-refractivity contribution in [2.75, 3.05) is 18.5 Å². The van der Waals surface area contributed by atoms with Crippen LogP contribution in [0.5, 0.6) is 5.75 Å². The molecule has 1 aliphatic rings. The number of hydrogen-bond acceptors (Lipinski definition) is 4. The molecule has 1 heterocycles. The van der Waals surface area contributed by atoms with Gasteiger partial charge in [-0.05, 0) is 42.7 Å². The van der Waals surface area contributed by atoms with Gasteiger partial charge in [0.25, 0.3) is 0 Å². The van der Waals surface area contributed by atoms with Gasteiger partial charge in [-0.15, -0.1) is 0 Å². The number of carboxylic acid groups (broad SMARTS) is 1. The minimum absolute atomic E-state index is 0.137. The lowest BCUT2D eigenvalue weighted by Gasteiger charge is -2.13. The number of urea groups is 1. The average Bonchev–Trinajstić information content (AvgIpc) is 3.19. The predicted octanol–water partition coefficient (Wildman–Crippen LogP) is 3.26. The molecule has 142 valence electrons. The lowest BCUT2D eigenvalue weighted by atomic mass is 10.1. The van der Waals surface area contributed by atoms with Gasteiger partial charge in [0.1, 0.15) is 12.4 Å². The van der Waals surface area contributed by atoms with E-state index < -0.39 is 5.97 Å². The average molecular weight is 370 g/mol. The van der Waals surface area contributed by atoms with E-state index in [1.807, 2.05) is 12.1 Å². The largest absolute Gasteiger partial charge is 0.491 e. The van der Waals surface area contributed by atoms with Gasteiger partial charge in [-0.1, -0.05) is 18.2 Å². The van der Waals surface area contributed by atoms with Crippen LogP contribution >= 0.6 is 0 Å². The van der Waals surface area contributed by atoms with E-state index >= 15 is 0 Å². The van der Waals surface area contributed by atoms with Crippen LogP contribution in [0.2, 0.25) is 0 Å². The van der Waals surface area contributed by atoms with Crippen molar-refractivity contribution in [2.45, 2.75) is 25.5 Å². The van der Waals surface area contributed by atoms with Crippen LogP contribution in [0.15, 0.2) is 48.5 Å². The molecule has 0 aliphatic carbocycles. The van der Waals surface area contributed by atoms with Crippen molar-refractivity contribution < 1.29 is 24.2 Å². The number of ether oxygens (including phenoxy) is 2. The Hall–Kier alpha value is -3.06. The molecule has 1 atom stereocenters. The van der Waals surface area contributed by atoms with E-state index in [1.54, 1.807) is 24.3 Å². The van der Waals surface area contributed by atoms with E-state index in [0.29, 0.717) is 24.6 Å². The summed E-state index contributed by atoms with van der Waals surface area (Å²) in [6.45, 7) is 1.58. The third-order valence-corrected chi connectivity index (χ3v) is 4.21. The van der Waals surface area contributed by atoms with E-state index in [4.69, 9.17) is 14.6 Å². The summed E-state index contributed by atoms with van der Waals surface area (Å²) in [7, 11) is 0. The van der Waals surface area contributed by atoms with Crippen LogP contribution in [0, 0.1) is 0 Å². The second-order valence-corrected chi connectivity index (χ2v) is 6.28. The molecule has 27 heavy (non-hydrogen) atoms. The highest BCUT2D eigenvalue weighted by molar-refractivity contribution is 5.89. The fourth-order valence-electron chi connectivity index (χ4n) is 2.75. The number of hydrogen-bond donors (Lipinski definition) is 3. The molecule has 0 spiro atoms. The molecular formula is C20H22N2O5. The van der Waals surface area contributed by atoms with Gasteiger partial charge < -0.3 is 25.2 Å². The van der Waals surface area contributed by atoms with Crippen molar-refractivity contribution in [2.24, 2.45) is 0 Å². The third-order valence-electron chi connectivity index (χ3n) is 4.21. The van der Waals surface area contributed by atoms with Crippen LogP contribution < -0.4 is 15.4 Å². The number of aromatic carboxylic acids is 1. The van der Waals surface area contributed by atoms with Crippen LogP contribution in [0.3, 0.4) is 0 Å². The molecule has 1 unspecified atom stereocenters. The first kappa shape index (κ1) is 18.7. The summed E-state index contributed by atoms with van der Waals surface area (Å²) >= 11 is 0. The lowest BCUT2D eigenvalue weighted by Crippen LogP contribution is -2.28. The van der Waals surface area contributed by atoms with E-state index in [2.05, 4.69) is 10.6 Å². The monoisotopic (exact) mass is 370 g/mol. The van der Waals surface area contributed by atoms with Gasteiger partial charge in [-0.3, -0.25) is 0 Å². The number of rotatable bonds is 7. The predicted molar refractivity (Wildman–Crippen MR) is 100 cm³/mol. The van der Waals surface area contributed by atoms with E-state index in [9.17, 15) is 9.59 Å². The lowest BCUT2D eigenvalue weighted by molar-refractivity contribution is 0.0679. The summed E-state index contributed by atoms with van der Waals surface area (Å²) in [6, 6.07) is 13.2. The number of amides is 2. The zero-order chi connectivity index (χ0) is 19.1. The SMILES string of the molecule is O=C(NCc1ccc(C(=O)O)cc1)Nc1cccc(OCC2CCCO2)c1. The van der Waals surface area contributed by atoms with Gasteiger partial charge in [0.15, 0.2) is 0 Å². The van der Waals surface area contributed by atoms with Gasteiger partial charge in [-0.25, -0.2) is 9.59 Å². The van der Waals surface area contributed by atoms with Crippen molar-refractivity contribution >= 4 is 17.7 Å². The van der Waals surface area contributed by atoms with Crippen LogP contribution in [0.4, 0.5) is 10.5 Å². The number of anilines is 1. The minimum atomic E-state index is -0.978. The maximum absolute atomic E-state index is 12.1.